The standard InChI is InChI=1S/C13H27NO2S/c1-10(2)16-9-12(15)8-14-11-4-6-13(17-3)7-5-11/h10-15H,4-9H2,1-3H3. The lowest BCUT2D eigenvalue weighted by molar-refractivity contribution is 0.00506. The van der Waals surface area contributed by atoms with Crippen LogP contribution in [0, 0.1) is 0 Å². The summed E-state index contributed by atoms with van der Waals surface area (Å²) in [6.07, 6.45) is 7.10. The van der Waals surface area contributed by atoms with Gasteiger partial charge in [0.1, 0.15) is 0 Å². The molecule has 17 heavy (non-hydrogen) atoms. The smallest absolute Gasteiger partial charge is 0.0897 e. The Labute approximate surface area is 110 Å². The summed E-state index contributed by atoms with van der Waals surface area (Å²) in [7, 11) is 0. The molecule has 0 aromatic heterocycles. The van der Waals surface area contributed by atoms with E-state index in [2.05, 4.69) is 11.6 Å². The maximum atomic E-state index is 9.74. The van der Waals surface area contributed by atoms with Crippen LogP contribution in [-0.2, 0) is 4.74 Å². The molecule has 1 aliphatic rings. The molecule has 0 saturated heterocycles. The van der Waals surface area contributed by atoms with Gasteiger partial charge < -0.3 is 15.2 Å². The molecule has 1 aliphatic carbocycles. The van der Waals surface area contributed by atoms with Gasteiger partial charge in [0, 0.05) is 17.8 Å². The van der Waals surface area contributed by atoms with E-state index in [1.165, 1.54) is 25.7 Å². The highest BCUT2D eigenvalue weighted by atomic mass is 32.2. The minimum absolute atomic E-state index is 0.196. The molecule has 1 rings (SSSR count). The number of ether oxygens (including phenoxy) is 1. The van der Waals surface area contributed by atoms with E-state index < -0.39 is 0 Å². The second-order valence-electron chi connectivity index (χ2n) is 5.15. The molecule has 2 N–H and O–H groups in total. The highest BCUT2D eigenvalue weighted by Gasteiger charge is 2.20. The third kappa shape index (κ3) is 6.65. The average Bonchev–Trinajstić information content (AvgIpc) is 2.34. The Bertz CT molecular complexity index is 194. The molecule has 1 unspecified atom stereocenters. The highest BCUT2D eigenvalue weighted by Crippen LogP contribution is 2.26. The molecule has 1 fully saturated rings. The van der Waals surface area contributed by atoms with Crippen molar-refractivity contribution in [3.63, 3.8) is 0 Å². The Morgan fingerprint density at radius 2 is 1.94 bits per heavy atom. The van der Waals surface area contributed by atoms with Crippen LogP contribution in [0.4, 0.5) is 0 Å². The van der Waals surface area contributed by atoms with Gasteiger partial charge in [0.2, 0.25) is 0 Å². The lowest BCUT2D eigenvalue weighted by Crippen LogP contribution is -2.40. The van der Waals surface area contributed by atoms with Crippen molar-refractivity contribution in [2.24, 2.45) is 0 Å². The van der Waals surface area contributed by atoms with E-state index in [0.29, 0.717) is 19.2 Å². The minimum Gasteiger partial charge on any atom is -0.389 e. The van der Waals surface area contributed by atoms with Gasteiger partial charge in [-0.25, -0.2) is 0 Å². The molecule has 3 nitrogen and oxygen atoms in total. The molecule has 0 aromatic rings. The first-order chi connectivity index (χ1) is 8.11. The fraction of sp³-hybridized carbons (Fsp3) is 1.00. The van der Waals surface area contributed by atoms with Crippen molar-refractivity contribution in [3.8, 4) is 0 Å². The van der Waals surface area contributed by atoms with Gasteiger partial charge in [0.25, 0.3) is 0 Å². The van der Waals surface area contributed by atoms with Crippen LogP contribution in [0.5, 0.6) is 0 Å². The third-order valence-electron chi connectivity index (χ3n) is 3.27. The summed E-state index contributed by atoms with van der Waals surface area (Å²) < 4.78 is 5.38. The molecule has 0 bridgehead atoms. The second kappa shape index (κ2) is 8.35. The van der Waals surface area contributed by atoms with E-state index in [-0.39, 0.29) is 12.2 Å². The summed E-state index contributed by atoms with van der Waals surface area (Å²) in [4.78, 5) is 0. The largest absolute Gasteiger partial charge is 0.389 e. The Balaban J connectivity index is 2.06. The molecule has 4 heteroatoms. The molecule has 0 radical (unpaired) electrons. The van der Waals surface area contributed by atoms with Gasteiger partial charge in [-0.15, -0.1) is 0 Å². The van der Waals surface area contributed by atoms with Gasteiger partial charge in [0.15, 0.2) is 0 Å². The minimum atomic E-state index is -0.379. The lowest BCUT2D eigenvalue weighted by Gasteiger charge is -2.29. The molecule has 0 heterocycles. The molecule has 1 saturated carbocycles. The van der Waals surface area contributed by atoms with Crippen LogP contribution in [0.25, 0.3) is 0 Å². The van der Waals surface area contributed by atoms with Crippen molar-refractivity contribution >= 4 is 11.8 Å². The SMILES string of the molecule is CSC1CCC(NCC(O)COC(C)C)CC1. The van der Waals surface area contributed by atoms with E-state index >= 15 is 0 Å². The van der Waals surface area contributed by atoms with Crippen molar-refractivity contribution in [1.82, 2.24) is 5.32 Å². The average molecular weight is 261 g/mol. The van der Waals surface area contributed by atoms with Crippen molar-refractivity contribution < 1.29 is 9.84 Å². The number of nitrogens with one attached hydrogen (secondary N) is 1. The number of rotatable bonds is 7. The Morgan fingerprint density at radius 1 is 1.29 bits per heavy atom. The van der Waals surface area contributed by atoms with Crippen molar-refractivity contribution in [3.05, 3.63) is 0 Å². The first-order valence-electron chi connectivity index (χ1n) is 6.67. The molecular formula is C13H27NO2S. The van der Waals surface area contributed by atoms with Crippen molar-refractivity contribution in [1.29, 1.82) is 0 Å². The van der Waals surface area contributed by atoms with Crippen LogP contribution in [-0.4, -0.2) is 48.0 Å². The zero-order chi connectivity index (χ0) is 12.7. The van der Waals surface area contributed by atoms with E-state index in [0.717, 1.165) is 5.25 Å². The number of aliphatic hydroxyl groups excluding tert-OH is 1. The summed E-state index contributed by atoms with van der Waals surface area (Å²) >= 11 is 1.99. The number of thioether (sulfide) groups is 1. The number of hydrogen-bond acceptors (Lipinski definition) is 4. The van der Waals surface area contributed by atoms with Crippen LogP contribution in [0.15, 0.2) is 0 Å². The van der Waals surface area contributed by atoms with Crippen LogP contribution < -0.4 is 5.32 Å². The molecule has 0 aromatic carbocycles. The normalized spacial score (nSPS) is 27.4. The molecule has 0 spiro atoms. The Hall–Kier alpha value is 0.230. The van der Waals surface area contributed by atoms with Gasteiger partial charge in [0.05, 0.1) is 18.8 Å². The summed E-state index contributed by atoms with van der Waals surface area (Å²) in [6, 6.07) is 0.590. The molecular weight excluding hydrogens is 234 g/mol. The molecule has 0 amide bonds. The first kappa shape index (κ1) is 15.3. The van der Waals surface area contributed by atoms with Gasteiger partial charge in [-0.3, -0.25) is 0 Å². The fourth-order valence-electron chi connectivity index (χ4n) is 2.17. The van der Waals surface area contributed by atoms with E-state index in [9.17, 15) is 5.11 Å². The summed E-state index contributed by atoms with van der Waals surface area (Å²) in [5.74, 6) is 0. The Morgan fingerprint density at radius 3 is 2.47 bits per heavy atom. The predicted octanol–water partition coefficient (Wildman–Crippen LogP) is 2.04. The van der Waals surface area contributed by atoms with Crippen LogP contribution >= 0.6 is 11.8 Å². The zero-order valence-electron chi connectivity index (χ0n) is 11.3. The lowest BCUT2D eigenvalue weighted by atomic mass is 9.95. The second-order valence-corrected chi connectivity index (χ2v) is 6.29. The topological polar surface area (TPSA) is 41.5 Å². The molecule has 0 aliphatic heterocycles. The zero-order valence-corrected chi connectivity index (χ0v) is 12.1. The Kier molecular flexibility index (Phi) is 7.51. The maximum absolute atomic E-state index is 9.74. The monoisotopic (exact) mass is 261 g/mol. The highest BCUT2D eigenvalue weighted by molar-refractivity contribution is 7.99. The fourth-order valence-corrected chi connectivity index (χ4v) is 2.91. The number of aliphatic hydroxyl groups is 1. The van der Waals surface area contributed by atoms with Crippen molar-refractivity contribution in [2.45, 2.75) is 63.0 Å². The van der Waals surface area contributed by atoms with Crippen LogP contribution in [0.3, 0.4) is 0 Å². The summed E-state index contributed by atoms with van der Waals surface area (Å²) in [6.45, 7) is 5.07. The summed E-state index contributed by atoms with van der Waals surface area (Å²) in [5.41, 5.74) is 0. The number of hydrogen-bond donors (Lipinski definition) is 2. The van der Waals surface area contributed by atoms with Gasteiger partial charge >= 0.3 is 0 Å². The van der Waals surface area contributed by atoms with Gasteiger partial charge in [-0.1, -0.05) is 0 Å². The van der Waals surface area contributed by atoms with Gasteiger partial charge in [-0.2, -0.15) is 11.8 Å². The maximum Gasteiger partial charge on any atom is 0.0897 e. The van der Waals surface area contributed by atoms with E-state index in [1.807, 2.05) is 25.6 Å². The van der Waals surface area contributed by atoms with Gasteiger partial charge in [-0.05, 0) is 45.8 Å². The van der Waals surface area contributed by atoms with E-state index in [4.69, 9.17) is 4.74 Å². The van der Waals surface area contributed by atoms with Crippen LogP contribution in [0.1, 0.15) is 39.5 Å². The van der Waals surface area contributed by atoms with Crippen molar-refractivity contribution in [2.75, 3.05) is 19.4 Å². The van der Waals surface area contributed by atoms with Crippen LogP contribution in [0.2, 0.25) is 0 Å². The third-order valence-corrected chi connectivity index (χ3v) is 4.41. The molecule has 102 valence electrons. The predicted molar refractivity (Wildman–Crippen MR) is 74.7 cm³/mol. The van der Waals surface area contributed by atoms with E-state index in [1.54, 1.807) is 0 Å². The summed E-state index contributed by atoms with van der Waals surface area (Å²) in [5, 5.41) is 14.0. The first-order valence-corrected chi connectivity index (χ1v) is 7.96. The molecule has 1 atom stereocenters. The quantitative estimate of drug-likeness (QED) is 0.736.